The SMILES string of the molecule is Cc1ccccc1S(=O)(=O)Nc1ccc(Cl)c(C(N)=O)c1. The first kappa shape index (κ1) is 15.3. The lowest BCUT2D eigenvalue weighted by atomic mass is 10.2. The van der Waals surface area contributed by atoms with Crippen molar-refractivity contribution >= 4 is 33.2 Å². The highest BCUT2D eigenvalue weighted by molar-refractivity contribution is 7.92. The molecule has 0 fully saturated rings. The number of hydrogen-bond acceptors (Lipinski definition) is 3. The Morgan fingerprint density at radius 2 is 1.86 bits per heavy atom. The third-order valence-electron chi connectivity index (χ3n) is 2.87. The molecule has 0 radical (unpaired) electrons. The molecular formula is C14H13ClN2O3S. The normalized spacial score (nSPS) is 11.1. The van der Waals surface area contributed by atoms with Crippen molar-refractivity contribution in [3.8, 4) is 0 Å². The van der Waals surface area contributed by atoms with E-state index in [-0.39, 0.29) is 21.2 Å². The summed E-state index contributed by atoms with van der Waals surface area (Å²) in [6.45, 7) is 1.70. The maximum atomic E-state index is 12.3. The summed E-state index contributed by atoms with van der Waals surface area (Å²) in [5.41, 5.74) is 6.08. The Balaban J connectivity index is 2.40. The molecule has 7 heteroatoms. The summed E-state index contributed by atoms with van der Waals surface area (Å²) < 4.78 is 27.1. The van der Waals surface area contributed by atoms with Gasteiger partial charge in [-0.05, 0) is 36.8 Å². The highest BCUT2D eigenvalue weighted by Gasteiger charge is 2.17. The molecule has 110 valence electrons. The van der Waals surface area contributed by atoms with E-state index in [4.69, 9.17) is 17.3 Å². The first-order valence-electron chi connectivity index (χ1n) is 5.99. The highest BCUT2D eigenvalue weighted by atomic mass is 35.5. The lowest BCUT2D eigenvalue weighted by molar-refractivity contribution is 0.100. The highest BCUT2D eigenvalue weighted by Crippen LogP contribution is 2.23. The van der Waals surface area contributed by atoms with Gasteiger partial charge >= 0.3 is 0 Å². The van der Waals surface area contributed by atoms with Gasteiger partial charge in [-0.3, -0.25) is 9.52 Å². The van der Waals surface area contributed by atoms with Gasteiger partial charge in [0.1, 0.15) is 0 Å². The number of halogens is 1. The molecule has 0 saturated heterocycles. The van der Waals surface area contributed by atoms with Crippen molar-refractivity contribution in [2.45, 2.75) is 11.8 Å². The smallest absolute Gasteiger partial charge is 0.262 e. The van der Waals surface area contributed by atoms with Crippen LogP contribution in [0.1, 0.15) is 15.9 Å². The average Bonchev–Trinajstić information content (AvgIpc) is 2.40. The molecule has 0 heterocycles. The van der Waals surface area contributed by atoms with E-state index >= 15 is 0 Å². The van der Waals surface area contributed by atoms with Crippen molar-refractivity contribution in [1.82, 2.24) is 0 Å². The van der Waals surface area contributed by atoms with Crippen LogP contribution in [0.5, 0.6) is 0 Å². The van der Waals surface area contributed by atoms with Crippen LogP contribution in [0, 0.1) is 6.92 Å². The van der Waals surface area contributed by atoms with E-state index in [0.717, 1.165) is 0 Å². The zero-order chi connectivity index (χ0) is 15.6. The summed E-state index contributed by atoms with van der Waals surface area (Å²) in [4.78, 5) is 11.4. The first-order chi connectivity index (χ1) is 9.81. The third kappa shape index (κ3) is 3.34. The lowest BCUT2D eigenvalue weighted by Gasteiger charge is -2.11. The summed E-state index contributed by atoms with van der Waals surface area (Å²) >= 11 is 5.83. The summed E-state index contributed by atoms with van der Waals surface area (Å²) in [6, 6.07) is 10.8. The molecule has 0 unspecified atom stereocenters. The molecule has 2 aromatic rings. The van der Waals surface area contributed by atoms with Crippen molar-refractivity contribution in [2.24, 2.45) is 5.73 Å². The minimum Gasteiger partial charge on any atom is -0.366 e. The fourth-order valence-corrected chi connectivity index (χ4v) is 3.35. The van der Waals surface area contributed by atoms with Gasteiger partial charge in [-0.15, -0.1) is 0 Å². The number of benzene rings is 2. The second kappa shape index (κ2) is 5.75. The second-order valence-corrected chi connectivity index (χ2v) is 6.49. The van der Waals surface area contributed by atoms with E-state index in [9.17, 15) is 13.2 Å². The average molecular weight is 325 g/mol. The van der Waals surface area contributed by atoms with E-state index in [2.05, 4.69) is 4.72 Å². The van der Waals surface area contributed by atoms with Crippen LogP contribution < -0.4 is 10.5 Å². The number of hydrogen-bond donors (Lipinski definition) is 2. The Morgan fingerprint density at radius 1 is 1.19 bits per heavy atom. The molecule has 0 saturated carbocycles. The van der Waals surface area contributed by atoms with Gasteiger partial charge in [0.2, 0.25) is 5.91 Å². The van der Waals surface area contributed by atoms with Gasteiger partial charge < -0.3 is 5.73 Å². The van der Waals surface area contributed by atoms with Crippen LogP contribution in [-0.2, 0) is 10.0 Å². The summed E-state index contributed by atoms with van der Waals surface area (Å²) in [6.07, 6.45) is 0. The molecule has 21 heavy (non-hydrogen) atoms. The molecule has 0 bridgehead atoms. The van der Waals surface area contributed by atoms with Crippen molar-refractivity contribution in [1.29, 1.82) is 0 Å². The van der Waals surface area contributed by atoms with Crippen molar-refractivity contribution < 1.29 is 13.2 Å². The van der Waals surface area contributed by atoms with Crippen molar-refractivity contribution in [3.05, 3.63) is 58.6 Å². The minimum atomic E-state index is -3.74. The summed E-state index contributed by atoms with van der Waals surface area (Å²) in [5, 5.41) is 0.168. The molecule has 2 rings (SSSR count). The lowest BCUT2D eigenvalue weighted by Crippen LogP contribution is -2.16. The first-order valence-corrected chi connectivity index (χ1v) is 7.85. The minimum absolute atomic E-state index is 0.0571. The Bertz CT molecular complexity index is 804. The zero-order valence-corrected chi connectivity index (χ0v) is 12.7. The van der Waals surface area contributed by atoms with Gasteiger partial charge in [-0.2, -0.15) is 0 Å². The van der Waals surface area contributed by atoms with Gasteiger partial charge in [0.15, 0.2) is 0 Å². The molecule has 0 aliphatic rings. The molecule has 0 spiro atoms. The van der Waals surface area contributed by atoms with E-state index in [0.29, 0.717) is 5.56 Å². The number of anilines is 1. The van der Waals surface area contributed by atoms with Gasteiger partial charge in [0.25, 0.3) is 10.0 Å². The predicted octanol–water partition coefficient (Wildman–Crippen LogP) is 2.55. The number of amides is 1. The molecule has 0 aromatic heterocycles. The number of nitrogens with two attached hydrogens (primary N) is 1. The number of rotatable bonds is 4. The largest absolute Gasteiger partial charge is 0.366 e. The van der Waals surface area contributed by atoms with Gasteiger partial charge in [0.05, 0.1) is 15.5 Å². The Hall–Kier alpha value is -2.05. The molecular weight excluding hydrogens is 312 g/mol. The standard InChI is InChI=1S/C14H13ClN2O3S/c1-9-4-2-3-5-13(9)21(19,20)17-10-6-7-12(15)11(8-10)14(16)18/h2-8,17H,1H3,(H2,16,18). The van der Waals surface area contributed by atoms with Gasteiger partial charge in [-0.1, -0.05) is 29.8 Å². The van der Waals surface area contributed by atoms with Gasteiger partial charge in [0, 0.05) is 5.69 Å². The van der Waals surface area contributed by atoms with E-state index in [1.165, 1.54) is 24.3 Å². The molecule has 3 N–H and O–H groups in total. The Morgan fingerprint density at radius 3 is 2.48 bits per heavy atom. The molecule has 1 amide bonds. The molecule has 0 atom stereocenters. The van der Waals surface area contributed by atoms with E-state index < -0.39 is 15.9 Å². The van der Waals surface area contributed by atoms with Gasteiger partial charge in [-0.25, -0.2) is 8.42 Å². The molecule has 2 aromatic carbocycles. The molecule has 0 aliphatic carbocycles. The van der Waals surface area contributed by atoms with E-state index in [1.54, 1.807) is 25.1 Å². The monoisotopic (exact) mass is 324 g/mol. The summed E-state index contributed by atoms with van der Waals surface area (Å²) in [5.74, 6) is -0.725. The Kier molecular flexibility index (Phi) is 4.20. The Labute approximate surface area is 127 Å². The third-order valence-corrected chi connectivity index (χ3v) is 4.74. The number of primary amides is 1. The predicted molar refractivity (Wildman–Crippen MR) is 82.0 cm³/mol. The number of carbonyl (C=O) groups is 1. The molecule has 0 aliphatic heterocycles. The van der Waals surface area contributed by atoms with E-state index in [1.807, 2.05) is 0 Å². The van der Waals surface area contributed by atoms with Crippen LogP contribution >= 0.6 is 11.6 Å². The quantitative estimate of drug-likeness (QED) is 0.905. The number of aryl methyl sites for hydroxylation is 1. The number of sulfonamides is 1. The topological polar surface area (TPSA) is 89.3 Å². The maximum Gasteiger partial charge on any atom is 0.262 e. The van der Waals surface area contributed by atoms with Crippen LogP contribution in [0.4, 0.5) is 5.69 Å². The van der Waals surface area contributed by atoms with Crippen LogP contribution in [-0.4, -0.2) is 14.3 Å². The van der Waals surface area contributed by atoms with Crippen molar-refractivity contribution in [3.63, 3.8) is 0 Å². The zero-order valence-electron chi connectivity index (χ0n) is 11.1. The van der Waals surface area contributed by atoms with Crippen LogP contribution in [0.2, 0.25) is 5.02 Å². The number of nitrogens with one attached hydrogen (secondary N) is 1. The molecule has 5 nitrogen and oxygen atoms in total. The van der Waals surface area contributed by atoms with Crippen molar-refractivity contribution in [2.75, 3.05) is 4.72 Å². The fourth-order valence-electron chi connectivity index (χ4n) is 1.85. The maximum absolute atomic E-state index is 12.3. The van der Waals surface area contributed by atoms with Crippen LogP contribution in [0.15, 0.2) is 47.4 Å². The second-order valence-electron chi connectivity index (χ2n) is 4.43. The summed E-state index contributed by atoms with van der Waals surface area (Å²) in [7, 11) is -3.74. The van der Waals surface area contributed by atoms with Crippen LogP contribution in [0.3, 0.4) is 0 Å². The van der Waals surface area contributed by atoms with Crippen LogP contribution in [0.25, 0.3) is 0 Å². The number of carbonyl (C=O) groups excluding carboxylic acids is 1. The fraction of sp³-hybridized carbons (Fsp3) is 0.0714.